The van der Waals surface area contributed by atoms with Crippen molar-refractivity contribution in [3.8, 4) is 0 Å². The Hall–Kier alpha value is -1.24. The summed E-state index contributed by atoms with van der Waals surface area (Å²) in [6.07, 6.45) is 0. The zero-order valence-corrected chi connectivity index (χ0v) is 6.15. The van der Waals surface area contributed by atoms with Gasteiger partial charge in [-0.05, 0) is 16.5 Å². The fraction of sp³-hybridized carbons (Fsp3) is 0.111. The number of benzene rings is 1. The first-order valence-electron chi connectivity index (χ1n) is 3.20. The lowest BCUT2D eigenvalue weighted by Gasteiger charge is -1.98. The molecule has 0 saturated carbocycles. The molecule has 0 aliphatic heterocycles. The van der Waals surface area contributed by atoms with E-state index >= 15 is 0 Å². The number of hydrogen-bond donors (Lipinski definition) is 1. The van der Waals surface area contributed by atoms with Crippen LogP contribution in [0.3, 0.4) is 0 Å². The van der Waals surface area contributed by atoms with E-state index in [2.05, 4.69) is 18.5 Å². The largest absolute Gasteiger partial charge is 0.388 e. The highest BCUT2D eigenvalue weighted by Crippen LogP contribution is 1.89. The van der Waals surface area contributed by atoms with Gasteiger partial charge >= 0.3 is 0 Å². The van der Waals surface area contributed by atoms with E-state index < -0.39 is 0 Å². The summed E-state index contributed by atoms with van der Waals surface area (Å²) in [5.74, 6) is 0. The van der Waals surface area contributed by atoms with Gasteiger partial charge in [-0.2, -0.15) is 0 Å². The molecule has 0 unspecified atom stereocenters. The van der Waals surface area contributed by atoms with E-state index in [0.717, 1.165) is 16.1 Å². The lowest BCUT2D eigenvalue weighted by Crippen LogP contribution is -2.11. The molecule has 0 aliphatic rings. The van der Waals surface area contributed by atoms with Crippen molar-refractivity contribution in [2.45, 2.75) is 0 Å². The van der Waals surface area contributed by atoms with Gasteiger partial charge in [-0.3, -0.25) is 0 Å². The van der Waals surface area contributed by atoms with Crippen LogP contribution in [0.1, 0.15) is 0 Å². The van der Waals surface area contributed by atoms with Gasteiger partial charge in [-0.25, -0.2) is 0 Å². The average Bonchev–Trinajstić information content (AvgIpc) is 1.94. The highest BCUT2D eigenvalue weighted by molar-refractivity contribution is 5.45. The maximum Gasteiger partial charge on any atom is 0.0410 e. The second-order valence-electron chi connectivity index (χ2n) is 2.24. The molecule has 0 amide bonds. The van der Waals surface area contributed by atoms with Gasteiger partial charge in [0, 0.05) is 12.7 Å². The van der Waals surface area contributed by atoms with E-state index in [4.69, 9.17) is 0 Å². The van der Waals surface area contributed by atoms with Crippen molar-refractivity contribution in [3.63, 3.8) is 0 Å². The Morgan fingerprint density at radius 1 is 1.30 bits per heavy atom. The third-order valence-electron chi connectivity index (χ3n) is 1.44. The predicted octanol–water partition coefficient (Wildman–Crippen LogP) is 0.549. The molecule has 0 spiro atoms. The maximum absolute atomic E-state index is 3.84. The summed E-state index contributed by atoms with van der Waals surface area (Å²) in [5.41, 5.74) is 1.05. The van der Waals surface area contributed by atoms with Crippen molar-refractivity contribution in [2.24, 2.45) is 0 Å². The molecule has 0 heterocycles. The van der Waals surface area contributed by atoms with Gasteiger partial charge in [0.25, 0.3) is 0 Å². The maximum atomic E-state index is 3.84. The SMILES string of the molecule is C=c1ccc(=C)c(NC)c1. The molecule has 0 bridgehead atoms. The van der Waals surface area contributed by atoms with Crippen molar-refractivity contribution in [1.29, 1.82) is 0 Å². The third kappa shape index (κ3) is 1.18. The Kier molecular flexibility index (Phi) is 1.76. The molecule has 0 aliphatic carbocycles. The second-order valence-corrected chi connectivity index (χ2v) is 2.24. The van der Waals surface area contributed by atoms with Crippen molar-refractivity contribution >= 4 is 18.8 Å². The molecule has 52 valence electrons. The van der Waals surface area contributed by atoms with E-state index in [0.29, 0.717) is 0 Å². The first-order chi connectivity index (χ1) is 4.74. The summed E-state index contributed by atoms with van der Waals surface area (Å²) < 4.78 is 0. The second kappa shape index (κ2) is 2.56. The monoisotopic (exact) mass is 133 g/mol. The molecule has 1 aromatic rings. The average molecular weight is 133 g/mol. The Balaban J connectivity index is 3.36. The van der Waals surface area contributed by atoms with Crippen molar-refractivity contribution < 1.29 is 0 Å². The summed E-state index contributed by atoms with van der Waals surface area (Å²) in [6, 6.07) is 5.87. The molecular weight excluding hydrogens is 122 g/mol. The molecule has 1 nitrogen and oxygen atoms in total. The smallest absolute Gasteiger partial charge is 0.0410 e. The Labute approximate surface area is 60.7 Å². The number of nitrogens with one attached hydrogen (secondary N) is 1. The molecule has 0 aromatic heterocycles. The Bertz CT molecular complexity index is 314. The van der Waals surface area contributed by atoms with E-state index in [1.807, 2.05) is 25.2 Å². The summed E-state index contributed by atoms with van der Waals surface area (Å²) >= 11 is 0. The zero-order chi connectivity index (χ0) is 7.56. The first-order valence-corrected chi connectivity index (χ1v) is 3.20. The molecule has 1 aromatic carbocycles. The van der Waals surface area contributed by atoms with Gasteiger partial charge in [0.05, 0.1) is 0 Å². The number of anilines is 1. The van der Waals surface area contributed by atoms with E-state index in [9.17, 15) is 0 Å². The van der Waals surface area contributed by atoms with Gasteiger partial charge in [0.2, 0.25) is 0 Å². The number of rotatable bonds is 1. The highest BCUT2D eigenvalue weighted by Gasteiger charge is 1.85. The minimum atomic E-state index is 1.01. The fourth-order valence-electron chi connectivity index (χ4n) is 0.856. The minimum Gasteiger partial charge on any atom is -0.388 e. The molecule has 0 atom stereocenters. The van der Waals surface area contributed by atoms with E-state index in [-0.39, 0.29) is 0 Å². The molecule has 0 fully saturated rings. The van der Waals surface area contributed by atoms with Crippen molar-refractivity contribution in [2.75, 3.05) is 12.4 Å². The Morgan fingerprint density at radius 2 is 2.00 bits per heavy atom. The molecule has 1 N–H and O–H groups in total. The van der Waals surface area contributed by atoms with Crippen LogP contribution in [0.25, 0.3) is 13.2 Å². The van der Waals surface area contributed by atoms with Crippen LogP contribution < -0.4 is 15.8 Å². The minimum absolute atomic E-state index is 1.01. The highest BCUT2D eigenvalue weighted by atomic mass is 14.8. The van der Waals surface area contributed by atoms with Crippen LogP contribution in [-0.4, -0.2) is 7.05 Å². The molecule has 0 saturated heterocycles. The summed E-state index contributed by atoms with van der Waals surface area (Å²) in [5, 5.41) is 5.05. The molecular formula is C9H11N. The lowest BCUT2D eigenvalue weighted by atomic mass is 10.2. The van der Waals surface area contributed by atoms with Gasteiger partial charge in [-0.1, -0.05) is 25.3 Å². The van der Waals surface area contributed by atoms with Crippen molar-refractivity contribution in [1.82, 2.24) is 0 Å². The standard InChI is InChI=1S/C9H11N/c1-7-4-5-8(2)9(6-7)10-3/h4-6,10H,1-2H2,3H3. The first kappa shape index (κ1) is 6.87. The van der Waals surface area contributed by atoms with Crippen molar-refractivity contribution in [3.05, 3.63) is 28.6 Å². The predicted molar refractivity (Wildman–Crippen MR) is 46.3 cm³/mol. The summed E-state index contributed by atoms with van der Waals surface area (Å²) in [4.78, 5) is 0. The number of hydrogen-bond acceptors (Lipinski definition) is 1. The molecule has 10 heavy (non-hydrogen) atoms. The van der Waals surface area contributed by atoms with E-state index in [1.165, 1.54) is 0 Å². The van der Waals surface area contributed by atoms with Crippen LogP contribution in [0.4, 0.5) is 5.69 Å². The van der Waals surface area contributed by atoms with Gasteiger partial charge in [-0.15, -0.1) is 0 Å². The van der Waals surface area contributed by atoms with Gasteiger partial charge in [0.15, 0.2) is 0 Å². The zero-order valence-electron chi connectivity index (χ0n) is 6.15. The molecule has 1 heteroatoms. The van der Waals surface area contributed by atoms with Crippen LogP contribution in [0, 0.1) is 0 Å². The topological polar surface area (TPSA) is 12.0 Å². The van der Waals surface area contributed by atoms with Crippen LogP contribution in [0.2, 0.25) is 0 Å². The van der Waals surface area contributed by atoms with Crippen LogP contribution >= 0.6 is 0 Å². The van der Waals surface area contributed by atoms with Crippen LogP contribution in [-0.2, 0) is 0 Å². The normalized spacial score (nSPS) is 9.30. The van der Waals surface area contributed by atoms with Crippen LogP contribution in [0.15, 0.2) is 18.2 Å². The van der Waals surface area contributed by atoms with Gasteiger partial charge < -0.3 is 5.32 Å². The quantitative estimate of drug-likeness (QED) is 0.590. The lowest BCUT2D eigenvalue weighted by molar-refractivity contribution is 1.46. The van der Waals surface area contributed by atoms with Crippen LogP contribution in [0.5, 0.6) is 0 Å². The summed E-state index contributed by atoms with van der Waals surface area (Å²) in [6.45, 7) is 7.64. The summed E-state index contributed by atoms with van der Waals surface area (Å²) in [7, 11) is 1.88. The van der Waals surface area contributed by atoms with E-state index in [1.54, 1.807) is 0 Å². The third-order valence-corrected chi connectivity index (χ3v) is 1.44. The molecule has 1 rings (SSSR count). The molecule has 0 radical (unpaired) electrons. The fourth-order valence-corrected chi connectivity index (χ4v) is 0.856. The van der Waals surface area contributed by atoms with Gasteiger partial charge in [0.1, 0.15) is 0 Å². The Morgan fingerprint density at radius 3 is 2.50 bits per heavy atom.